The summed E-state index contributed by atoms with van der Waals surface area (Å²) < 4.78 is 18.5. The number of esters is 1. The smallest absolute Gasteiger partial charge is 0.331 e. The topological polar surface area (TPSA) is 121 Å². The Kier molecular flexibility index (Phi) is 8.96. The summed E-state index contributed by atoms with van der Waals surface area (Å²) in [5.74, 6) is 1.01. The molecular weight excluding hydrogens is 622 g/mol. The number of likely N-dealkylation sites (N-methyl/N-ethyl adjacent to an activating group) is 1. The predicted molar refractivity (Wildman–Crippen MR) is 183 cm³/mol. The molecular formula is C39H47N3O7. The van der Waals surface area contributed by atoms with Crippen LogP contribution in [0.4, 0.5) is 0 Å². The number of rotatable bonds is 11. The first-order valence-electron chi connectivity index (χ1n) is 17.5. The van der Waals surface area contributed by atoms with Crippen LogP contribution in [0.1, 0.15) is 61.8 Å². The largest absolute Gasteiger partial charge is 0.508 e. The van der Waals surface area contributed by atoms with E-state index in [2.05, 4.69) is 17.4 Å². The summed E-state index contributed by atoms with van der Waals surface area (Å²) in [5.41, 5.74) is 6.98. The van der Waals surface area contributed by atoms with Crippen LogP contribution < -0.4 is 14.9 Å². The lowest BCUT2D eigenvalue weighted by molar-refractivity contribution is -0.162. The molecule has 2 aliphatic carbocycles. The zero-order chi connectivity index (χ0) is 34.4. The van der Waals surface area contributed by atoms with Crippen molar-refractivity contribution in [1.29, 1.82) is 0 Å². The molecule has 0 radical (unpaired) electrons. The number of carbonyl (C=O) groups is 2. The van der Waals surface area contributed by atoms with E-state index >= 15 is 0 Å². The molecule has 3 aromatic carbocycles. The predicted octanol–water partition coefficient (Wildman–Crippen LogP) is 4.88. The number of ether oxygens (including phenoxy) is 3. The molecule has 10 heteroatoms. The molecule has 3 N–H and O–H groups in total. The van der Waals surface area contributed by atoms with Crippen LogP contribution in [-0.4, -0.2) is 76.9 Å². The van der Waals surface area contributed by atoms with Crippen LogP contribution in [0.15, 0.2) is 60.7 Å². The Bertz CT molecular complexity index is 1700. The standard InChI is InChI=1S/C39H47N3O7/c1-23(2)18-34(45)42(31(19-24-10-12-26(43)13-11-24)38(46)48-22-25-8-6-5-7-9-25)40-29-15-14-28-30-20-27-33(47-4)21-32(44)36-35(27)39(28,37(29)49-36)16-17-41(30)3/h5-13,21,23,28-31,37,40,43-44H,14-20,22H2,1-4H3/t28-,29+,30+,31-,37-,39-/m0/s1. The maximum absolute atomic E-state index is 14.2. The Morgan fingerprint density at radius 3 is 2.55 bits per heavy atom. The van der Waals surface area contributed by atoms with Gasteiger partial charge in [0, 0.05) is 41.5 Å². The zero-order valence-electron chi connectivity index (χ0n) is 28.7. The van der Waals surface area contributed by atoms with Gasteiger partial charge in [-0.25, -0.2) is 10.2 Å². The number of amides is 1. The molecule has 4 aliphatic rings. The number of aromatic hydroxyl groups is 2. The van der Waals surface area contributed by atoms with E-state index in [1.807, 2.05) is 44.2 Å². The van der Waals surface area contributed by atoms with Gasteiger partial charge in [-0.2, -0.15) is 0 Å². The number of phenols is 2. The summed E-state index contributed by atoms with van der Waals surface area (Å²) in [4.78, 5) is 30.8. The number of nitrogens with zero attached hydrogens (tertiary/aromatic N) is 2. The second kappa shape index (κ2) is 13.2. The van der Waals surface area contributed by atoms with Crippen molar-refractivity contribution >= 4 is 11.9 Å². The van der Waals surface area contributed by atoms with E-state index in [-0.39, 0.29) is 60.3 Å². The van der Waals surface area contributed by atoms with Crippen LogP contribution in [0.5, 0.6) is 23.0 Å². The maximum Gasteiger partial charge on any atom is 0.331 e. The molecule has 1 amide bonds. The van der Waals surface area contributed by atoms with E-state index in [0.29, 0.717) is 23.5 Å². The number of phenolic OH excluding ortho intramolecular Hbond substituents is 2. The third-order valence-electron chi connectivity index (χ3n) is 11.2. The summed E-state index contributed by atoms with van der Waals surface area (Å²) in [6.45, 7) is 4.93. The minimum Gasteiger partial charge on any atom is -0.508 e. The monoisotopic (exact) mass is 669 g/mol. The quantitative estimate of drug-likeness (QED) is 0.194. The normalized spacial score (nSPS) is 25.7. The van der Waals surface area contributed by atoms with Crippen LogP contribution in [0.3, 0.4) is 0 Å². The molecule has 2 bridgehead atoms. The van der Waals surface area contributed by atoms with Gasteiger partial charge in [-0.05, 0) is 74.4 Å². The van der Waals surface area contributed by atoms with Gasteiger partial charge >= 0.3 is 5.97 Å². The maximum atomic E-state index is 14.2. The number of hydrogen-bond donors (Lipinski definition) is 3. The molecule has 1 saturated carbocycles. The third-order valence-corrected chi connectivity index (χ3v) is 11.2. The van der Waals surface area contributed by atoms with Gasteiger partial charge in [0.25, 0.3) is 0 Å². The van der Waals surface area contributed by atoms with Crippen LogP contribution in [0.25, 0.3) is 0 Å². The van der Waals surface area contributed by atoms with Gasteiger partial charge in [-0.15, -0.1) is 0 Å². The Hall–Kier alpha value is -4.28. The summed E-state index contributed by atoms with van der Waals surface area (Å²) >= 11 is 0. The number of carbonyl (C=O) groups excluding carboxylic acids is 2. The van der Waals surface area contributed by atoms with Gasteiger partial charge < -0.3 is 29.3 Å². The summed E-state index contributed by atoms with van der Waals surface area (Å²) in [6.07, 6.45) is 3.33. The second-order valence-electron chi connectivity index (χ2n) is 14.6. The van der Waals surface area contributed by atoms with Gasteiger partial charge in [0.1, 0.15) is 30.3 Å². The number of methoxy groups -OCH3 is 1. The number of likely N-dealkylation sites (tertiary alicyclic amines) is 1. The number of benzene rings is 3. The third kappa shape index (κ3) is 5.88. The van der Waals surface area contributed by atoms with Crippen molar-refractivity contribution in [3.8, 4) is 23.0 Å². The number of hydrazine groups is 1. The summed E-state index contributed by atoms with van der Waals surface area (Å²) in [5, 5.41) is 22.7. The van der Waals surface area contributed by atoms with E-state index in [4.69, 9.17) is 14.2 Å². The molecule has 6 atom stereocenters. The minimum absolute atomic E-state index is 0.0488. The number of hydrogen-bond acceptors (Lipinski definition) is 9. The summed E-state index contributed by atoms with van der Waals surface area (Å²) in [7, 11) is 3.83. The fraction of sp³-hybridized carbons (Fsp3) is 0.487. The van der Waals surface area contributed by atoms with Gasteiger partial charge in [-0.1, -0.05) is 56.3 Å². The average Bonchev–Trinajstić information content (AvgIpc) is 3.44. The molecule has 0 aromatic heterocycles. The van der Waals surface area contributed by atoms with Gasteiger partial charge in [-0.3, -0.25) is 9.80 Å². The van der Waals surface area contributed by atoms with Crippen LogP contribution in [-0.2, 0) is 39.2 Å². The van der Waals surface area contributed by atoms with E-state index < -0.39 is 12.0 Å². The van der Waals surface area contributed by atoms with Crippen molar-refractivity contribution < 1.29 is 34.0 Å². The number of nitrogens with one attached hydrogen (secondary N) is 1. The van der Waals surface area contributed by atoms with Gasteiger partial charge in [0.15, 0.2) is 11.5 Å². The zero-order valence-corrected chi connectivity index (χ0v) is 28.7. The second-order valence-corrected chi connectivity index (χ2v) is 14.6. The molecule has 7 rings (SSSR count). The van der Waals surface area contributed by atoms with Crippen LogP contribution in [0.2, 0.25) is 0 Å². The van der Waals surface area contributed by atoms with Crippen molar-refractivity contribution in [2.24, 2.45) is 11.8 Å². The van der Waals surface area contributed by atoms with Crippen molar-refractivity contribution in [3.63, 3.8) is 0 Å². The molecule has 260 valence electrons. The molecule has 3 aromatic rings. The molecule has 2 aliphatic heterocycles. The lowest BCUT2D eigenvalue weighted by atomic mass is 9.51. The lowest BCUT2D eigenvalue weighted by Crippen LogP contribution is -2.70. The van der Waals surface area contributed by atoms with Crippen molar-refractivity contribution in [3.05, 3.63) is 82.9 Å². The summed E-state index contributed by atoms with van der Waals surface area (Å²) in [6, 6.07) is 16.8. The SMILES string of the molecule is COc1cc(O)c2c3c1C[C@@H]1[C@@H]4CC[C@@H](NN(C(=O)CC(C)C)[C@@H](Cc5ccc(O)cc5)C(=O)OCc5ccccc5)[C@H](O2)[C@]34CCN1C. The fourth-order valence-electron chi connectivity index (χ4n) is 9.03. The van der Waals surface area contributed by atoms with Gasteiger partial charge in [0.05, 0.1) is 13.2 Å². The molecule has 49 heavy (non-hydrogen) atoms. The van der Waals surface area contributed by atoms with Crippen LogP contribution in [0, 0.1) is 11.8 Å². The van der Waals surface area contributed by atoms with Gasteiger partial charge in [0.2, 0.25) is 5.91 Å². The molecule has 1 saturated heterocycles. The van der Waals surface area contributed by atoms with Crippen molar-refractivity contribution in [1.82, 2.24) is 15.3 Å². The highest BCUT2D eigenvalue weighted by Crippen LogP contribution is 2.65. The molecule has 0 unspecified atom stereocenters. The first-order valence-corrected chi connectivity index (χ1v) is 17.5. The van der Waals surface area contributed by atoms with E-state index in [1.54, 1.807) is 37.4 Å². The molecule has 10 nitrogen and oxygen atoms in total. The number of piperidine rings is 1. The Balaban J connectivity index is 1.26. The van der Waals surface area contributed by atoms with Crippen molar-refractivity contribution in [2.75, 3.05) is 20.7 Å². The Morgan fingerprint density at radius 1 is 1.08 bits per heavy atom. The highest BCUT2D eigenvalue weighted by molar-refractivity contribution is 5.84. The molecule has 1 spiro atoms. The van der Waals surface area contributed by atoms with E-state index in [9.17, 15) is 19.8 Å². The molecule has 2 heterocycles. The average molecular weight is 670 g/mol. The fourth-order valence-corrected chi connectivity index (χ4v) is 9.03. The Labute approximate surface area is 287 Å². The minimum atomic E-state index is -0.987. The van der Waals surface area contributed by atoms with E-state index in [0.717, 1.165) is 54.5 Å². The Morgan fingerprint density at radius 2 is 1.84 bits per heavy atom. The first-order chi connectivity index (χ1) is 23.6. The van der Waals surface area contributed by atoms with Crippen molar-refractivity contribution in [2.45, 2.75) is 88.6 Å². The first kappa shape index (κ1) is 33.2. The highest BCUT2D eigenvalue weighted by atomic mass is 16.5. The van der Waals surface area contributed by atoms with Crippen LogP contribution >= 0.6 is 0 Å². The highest BCUT2D eigenvalue weighted by Gasteiger charge is 2.66. The van der Waals surface area contributed by atoms with E-state index in [1.165, 1.54) is 5.01 Å². The molecule has 2 fully saturated rings. The lowest BCUT2D eigenvalue weighted by Gasteiger charge is -2.59.